The molecule has 0 fully saturated rings. The highest BCUT2D eigenvalue weighted by Gasteiger charge is 2.12. The van der Waals surface area contributed by atoms with Gasteiger partial charge in [0.1, 0.15) is 5.82 Å². The molecule has 0 amide bonds. The summed E-state index contributed by atoms with van der Waals surface area (Å²) in [7, 11) is 3.46. The van der Waals surface area contributed by atoms with E-state index < -0.39 is 6.10 Å². The van der Waals surface area contributed by atoms with E-state index in [1.807, 2.05) is 25.8 Å². The molecule has 2 N–H and O–H groups in total. The van der Waals surface area contributed by atoms with Crippen LogP contribution in [0.3, 0.4) is 0 Å². The number of aliphatic hydroxyl groups is 1. The molecule has 0 aromatic carbocycles. The zero-order valence-corrected chi connectivity index (χ0v) is 11.5. The number of aliphatic hydroxyl groups excluding tert-OH is 1. The number of aryl methyl sites for hydroxylation is 1. The molecule has 18 heavy (non-hydrogen) atoms. The second-order valence-electron chi connectivity index (χ2n) is 4.22. The van der Waals surface area contributed by atoms with Gasteiger partial charge in [-0.3, -0.25) is 0 Å². The van der Waals surface area contributed by atoms with E-state index in [0.29, 0.717) is 19.1 Å². The van der Waals surface area contributed by atoms with Crippen LogP contribution in [0.15, 0.2) is 6.20 Å². The molecule has 0 saturated carbocycles. The Bertz CT molecular complexity index is 373. The van der Waals surface area contributed by atoms with Crippen molar-refractivity contribution < 1.29 is 9.84 Å². The molecule has 0 radical (unpaired) electrons. The Hall–Kier alpha value is -1.40. The van der Waals surface area contributed by atoms with E-state index in [2.05, 4.69) is 15.3 Å². The SMILES string of the molecule is CCNc1ncc(C)c(N(C)CC(O)COC)n1. The molecule has 102 valence electrons. The molecule has 1 atom stereocenters. The summed E-state index contributed by atoms with van der Waals surface area (Å²) in [6.07, 6.45) is 1.25. The topological polar surface area (TPSA) is 70.5 Å². The fourth-order valence-corrected chi connectivity index (χ4v) is 1.71. The molecular formula is C12H22N4O2. The third kappa shape index (κ3) is 4.12. The molecule has 0 aliphatic heterocycles. The number of ether oxygens (including phenoxy) is 1. The largest absolute Gasteiger partial charge is 0.389 e. The van der Waals surface area contributed by atoms with Crippen molar-refractivity contribution in [3.05, 3.63) is 11.8 Å². The van der Waals surface area contributed by atoms with Gasteiger partial charge in [-0.2, -0.15) is 4.98 Å². The van der Waals surface area contributed by atoms with Crippen LogP contribution in [0.5, 0.6) is 0 Å². The zero-order chi connectivity index (χ0) is 13.5. The Morgan fingerprint density at radius 2 is 2.28 bits per heavy atom. The average molecular weight is 254 g/mol. The fraction of sp³-hybridized carbons (Fsp3) is 0.667. The molecule has 0 aliphatic carbocycles. The first-order chi connectivity index (χ1) is 8.58. The third-order valence-corrected chi connectivity index (χ3v) is 2.49. The summed E-state index contributed by atoms with van der Waals surface area (Å²) < 4.78 is 4.91. The van der Waals surface area contributed by atoms with Crippen molar-refractivity contribution in [1.82, 2.24) is 9.97 Å². The first kappa shape index (κ1) is 14.7. The number of hydrogen-bond donors (Lipinski definition) is 2. The Labute approximate surface area is 108 Å². The molecule has 6 heteroatoms. The molecule has 1 rings (SSSR count). The van der Waals surface area contributed by atoms with Crippen LogP contribution < -0.4 is 10.2 Å². The van der Waals surface area contributed by atoms with Gasteiger partial charge in [0.25, 0.3) is 0 Å². The van der Waals surface area contributed by atoms with Gasteiger partial charge < -0.3 is 20.1 Å². The summed E-state index contributed by atoms with van der Waals surface area (Å²) in [4.78, 5) is 10.5. The van der Waals surface area contributed by atoms with E-state index in [9.17, 15) is 5.11 Å². The van der Waals surface area contributed by atoms with E-state index in [-0.39, 0.29) is 0 Å². The van der Waals surface area contributed by atoms with Crippen molar-refractivity contribution in [3.8, 4) is 0 Å². The van der Waals surface area contributed by atoms with E-state index in [1.165, 1.54) is 0 Å². The minimum absolute atomic E-state index is 0.314. The number of nitrogens with zero attached hydrogens (tertiary/aromatic N) is 3. The van der Waals surface area contributed by atoms with Crippen LogP contribution in [0.4, 0.5) is 11.8 Å². The summed E-state index contributed by atoms with van der Waals surface area (Å²) in [5, 5.41) is 12.8. The molecule has 6 nitrogen and oxygen atoms in total. The molecular weight excluding hydrogens is 232 g/mol. The molecule has 1 aromatic rings. The van der Waals surface area contributed by atoms with E-state index in [4.69, 9.17) is 4.74 Å². The van der Waals surface area contributed by atoms with Crippen molar-refractivity contribution in [1.29, 1.82) is 0 Å². The highest BCUT2D eigenvalue weighted by Crippen LogP contribution is 2.16. The number of likely N-dealkylation sites (N-methyl/N-ethyl adjacent to an activating group) is 1. The van der Waals surface area contributed by atoms with Gasteiger partial charge >= 0.3 is 0 Å². The maximum Gasteiger partial charge on any atom is 0.224 e. The molecule has 0 aliphatic rings. The van der Waals surface area contributed by atoms with Gasteiger partial charge in [0, 0.05) is 39.0 Å². The van der Waals surface area contributed by atoms with Crippen molar-refractivity contribution in [2.75, 3.05) is 44.1 Å². The number of nitrogens with one attached hydrogen (secondary N) is 1. The quantitative estimate of drug-likeness (QED) is 0.745. The predicted molar refractivity (Wildman–Crippen MR) is 72.1 cm³/mol. The van der Waals surface area contributed by atoms with E-state index in [0.717, 1.165) is 17.9 Å². The van der Waals surface area contributed by atoms with Crippen LogP contribution in [0, 0.1) is 6.92 Å². The summed E-state index contributed by atoms with van der Waals surface area (Å²) in [6.45, 7) is 5.50. The molecule has 1 heterocycles. The minimum atomic E-state index is -0.531. The number of hydrogen-bond acceptors (Lipinski definition) is 6. The standard InChI is InChI=1S/C12H22N4O2/c1-5-13-12-14-6-9(2)11(15-12)16(3)7-10(17)8-18-4/h6,10,17H,5,7-8H2,1-4H3,(H,13,14,15). The summed E-state index contributed by atoms with van der Waals surface area (Å²) >= 11 is 0. The van der Waals surface area contributed by atoms with Gasteiger partial charge in [0.05, 0.1) is 12.7 Å². The number of methoxy groups -OCH3 is 1. The van der Waals surface area contributed by atoms with E-state index >= 15 is 0 Å². The summed E-state index contributed by atoms with van der Waals surface area (Å²) in [5.41, 5.74) is 0.976. The predicted octanol–water partition coefficient (Wildman–Crippen LogP) is 0.660. The molecule has 1 unspecified atom stereocenters. The Balaban J connectivity index is 2.76. The lowest BCUT2D eigenvalue weighted by Gasteiger charge is -2.23. The average Bonchev–Trinajstić information content (AvgIpc) is 2.32. The third-order valence-electron chi connectivity index (χ3n) is 2.49. The summed E-state index contributed by atoms with van der Waals surface area (Å²) in [5.74, 6) is 1.42. The molecule has 1 aromatic heterocycles. The van der Waals surface area contributed by atoms with Crippen LogP contribution in [0.25, 0.3) is 0 Å². The number of anilines is 2. The number of aromatic nitrogens is 2. The van der Waals surface area contributed by atoms with Crippen molar-refractivity contribution in [2.24, 2.45) is 0 Å². The van der Waals surface area contributed by atoms with Crippen molar-refractivity contribution >= 4 is 11.8 Å². The fourth-order valence-electron chi connectivity index (χ4n) is 1.71. The lowest BCUT2D eigenvalue weighted by Crippen LogP contribution is -2.33. The Kier molecular flexibility index (Phi) is 5.80. The highest BCUT2D eigenvalue weighted by atomic mass is 16.5. The van der Waals surface area contributed by atoms with Crippen molar-refractivity contribution in [2.45, 2.75) is 20.0 Å². The van der Waals surface area contributed by atoms with Crippen LogP contribution in [0.1, 0.15) is 12.5 Å². The van der Waals surface area contributed by atoms with Gasteiger partial charge in [0.2, 0.25) is 5.95 Å². The molecule has 0 saturated heterocycles. The normalized spacial score (nSPS) is 12.3. The first-order valence-electron chi connectivity index (χ1n) is 6.04. The second-order valence-corrected chi connectivity index (χ2v) is 4.22. The van der Waals surface area contributed by atoms with Crippen molar-refractivity contribution in [3.63, 3.8) is 0 Å². The molecule has 0 spiro atoms. The van der Waals surface area contributed by atoms with Gasteiger partial charge in [-0.1, -0.05) is 0 Å². The smallest absolute Gasteiger partial charge is 0.224 e. The highest BCUT2D eigenvalue weighted by molar-refractivity contribution is 5.48. The second kappa shape index (κ2) is 7.13. The van der Waals surface area contributed by atoms with Gasteiger partial charge in [-0.15, -0.1) is 0 Å². The maximum absolute atomic E-state index is 9.72. The summed E-state index contributed by atoms with van der Waals surface area (Å²) in [6, 6.07) is 0. The Morgan fingerprint density at radius 1 is 1.56 bits per heavy atom. The first-order valence-corrected chi connectivity index (χ1v) is 6.04. The van der Waals surface area contributed by atoms with Gasteiger partial charge in [-0.25, -0.2) is 4.98 Å². The van der Waals surface area contributed by atoms with Crippen LogP contribution >= 0.6 is 0 Å². The van der Waals surface area contributed by atoms with Gasteiger partial charge in [-0.05, 0) is 13.8 Å². The van der Waals surface area contributed by atoms with Crippen LogP contribution in [-0.4, -0.2) is 55.0 Å². The minimum Gasteiger partial charge on any atom is -0.389 e. The Morgan fingerprint density at radius 3 is 2.89 bits per heavy atom. The lowest BCUT2D eigenvalue weighted by atomic mass is 10.3. The monoisotopic (exact) mass is 254 g/mol. The van der Waals surface area contributed by atoms with Gasteiger partial charge in [0.15, 0.2) is 0 Å². The van der Waals surface area contributed by atoms with Crippen LogP contribution in [0.2, 0.25) is 0 Å². The number of rotatable bonds is 7. The maximum atomic E-state index is 9.72. The van der Waals surface area contributed by atoms with Crippen LogP contribution in [-0.2, 0) is 4.74 Å². The zero-order valence-electron chi connectivity index (χ0n) is 11.5. The van der Waals surface area contributed by atoms with E-state index in [1.54, 1.807) is 13.3 Å². The molecule has 0 bridgehead atoms. The lowest BCUT2D eigenvalue weighted by molar-refractivity contribution is 0.0694.